The van der Waals surface area contributed by atoms with E-state index in [0.717, 1.165) is 4.88 Å². The van der Waals surface area contributed by atoms with E-state index in [-0.39, 0.29) is 25.0 Å². The summed E-state index contributed by atoms with van der Waals surface area (Å²) in [5.41, 5.74) is 0. The number of likely N-dealkylation sites (N-methyl/N-ethyl adjacent to an activating group) is 1. The van der Waals surface area contributed by atoms with E-state index in [1.807, 2.05) is 19.1 Å². The molecule has 1 aliphatic rings. The summed E-state index contributed by atoms with van der Waals surface area (Å²) in [7, 11) is 1.74. The summed E-state index contributed by atoms with van der Waals surface area (Å²) in [6, 6.07) is 7.52. The zero-order chi connectivity index (χ0) is 16.4. The molecule has 0 saturated heterocycles. The molecule has 0 spiro atoms. The minimum absolute atomic E-state index is 0.0347. The minimum Gasteiger partial charge on any atom is -0.480 e. The molecule has 1 aliphatic heterocycles. The number of ether oxygens (including phenoxy) is 1. The summed E-state index contributed by atoms with van der Waals surface area (Å²) < 4.78 is 5.33. The molecule has 0 unspecified atom stereocenters. The summed E-state index contributed by atoms with van der Waals surface area (Å²) in [4.78, 5) is 34.0. The molecule has 2 amide bonds. The second-order valence-corrected chi connectivity index (χ2v) is 6.73. The Kier molecular flexibility index (Phi) is 4.29. The Balaban J connectivity index is 1.70. The van der Waals surface area contributed by atoms with Crippen LogP contribution in [0.15, 0.2) is 30.5 Å². The van der Waals surface area contributed by atoms with Crippen LogP contribution in [0.25, 0.3) is 0 Å². The molecule has 0 saturated carbocycles. The van der Waals surface area contributed by atoms with Gasteiger partial charge in [0.25, 0.3) is 5.91 Å². The highest BCUT2D eigenvalue weighted by Crippen LogP contribution is 2.28. The van der Waals surface area contributed by atoms with Crippen molar-refractivity contribution in [1.29, 1.82) is 0 Å². The van der Waals surface area contributed by atoms with E-state index in [9.17, 15) is 9.59 Å². The highest BCUT2D eigenvalue weighted by molar-refractivity contribution is 7.11. The Labute approximate surface area is 138 Å². The predicted octanol–water partition coefficient (Wildman–Crippen LogP) is 1.84. The fourth-order valence-electron chi connectivity index (χ4n) is 2.34. The maximum Gasteiger partial charge on any atom is 0.266 e. The average molecular weight is 331 g/mol. The molecule has 0 aromatic carbocycles. The fraction of sp³-hybridized carbons (Fsp3) is 0.312. The van der Waals surface area contributed by atoms with E-state index >= 15 is 0 Å². The third kappa shape index (κ3) is 3.34. The fourth-order valence-corrected chi connectivity index (χ4v) is 3.29. The Morgan fingerprint density at radius 2 is 2.26 bits per heavy atom. The molecule has 0 N–H and O–H groups in total. The lowest BCUT2D eigenvalue weighted by atomic mass is 10.3. The number of carbonyl (C=O) groups is 2. The molecule has 2 aromatic rings. The van der Waals surface area contributed by atoms with Gasteiger partial charge < -0.3 is 9.64 Å². The first-order chi connectivity index (χ1) is 11.0. The standard InChI is InChI=1S/C16H17N3O3S/c1-11-5-6-12(23-11)8-18(2)14(20)9-19-15(21)10-22-13-4-3-7-17-16(13)19/h3-7H,8-10H2,1-2H3. The number of rotatable bonds is 4. The van der Waals surface area contributed by atoms with Crippen molar-refractivity contribution in [3.8, 4) is 5.75 Å². The van der Waals surface area contributed by atoms with Gasteiger partial charge in [-0.15, -0.1) is 11.3 Å². The lowest BCUT2D eigenvalue weighted by molar-refractivity contribution is -0.131. The summed E-state index contributed by atoms with van der Waals surface area (Å²) in [5.74, 6) is 0.529. The maximum absolute atomic E-state index is 12.4. The number of carbonyl (C=O) groups excluding carboxylic acids is 2. The smallest absolute Gasteiger partial charge is 0.266 e. The Bertz CT molecular complexity index is 744. The molecule has 0 bridgehead atoms. The summed E-state index contributed by atoms with van der Waals surface area (Å²) in [6.45, 7) is 2.46. The lowest BCUT2D eigenvalue weighted by Gasteiger charge is -2.29. The van der Waals surface area contributed by atoms with Crippen LogP contribution in [-0.4, -0.2) is 41.9 Å². The number of anilines is 1. The van der Waals surface area contributed by atoms with Crippen molar-refractivity contribution in [3.63, 3.8) is 0 Å². The van der Waals surface area contributed by atoms with Gasteiger partial charge in [0.15, 0.2) is 18.2 Å². The topological polar surface area (TPSA) is 62.7 Å². The van der Waals surface area contributed by atoms with Crippen LogP contribution >= 0.6 is 11.3 Å². The van der Waals surface area contributed by atoms with Gasteiger partial charge in [0.05, 0.1) is 6.54 Å². The molecule has 0 atom stereocenters. The second kappa shape index (κ2) is 6.37. The van der Waals surface area contributed by atoms with Gasteiger partial charge in [0.2, 0.25) is 5.91 Å². The van der Waals surface area contributed by atoms with Crippen LogP contribution < -0.4 is 9.64 Å². The third-order valence-corrected chi connectivity index (χ3v) is 4.55. The SMILES string of the molecule is Cc1ccc(CN(C)C(=O)CN2C(=O)COc3cccnc32)s1. The largest absolute Gasteiger partial charge is 0.480 e. The van der Waals surface area contributed by atoms with E-state index in [4.69, 9.17) is 4.74 Å². The number of nitrogens with zero attached hydrogens (tertiary/aromatic N) is 3. The van der Waals surface area contributed by atoms with Gasteiger partial charge in [0.1, 0.15) is 6.54 Å². The number of hydrogen-bond donors (Lipinski definition) is 0. The van der Waals surface area contributed by atoms with Crippen molar-refractivity contribution >= 4 is 29.0 Å². The molecule has 2 aromatic heterocycles. The normalized spacial score (nSPS) is 13.5. The number of aryl methyl sites for hydroxylation is 1. The predicted molar refractivity (Wildman–Crippen MR) is 87.6 cm³/mol. The Morgan fingerprint density at radius 3 is 3.00 bits per heavy atom. The number of hydrogen-bond acceptors (Lipinski definition) is 5. The van der Waals surface area contributed by atoms with Crippen molar-refractivity contribution in [2.24, 2.45) is 0 Å². The zero-order valence-corrected chi connectivity index (χ0v) is 13.8. The molecule has 0 fully saturated rings. The molecule has 0 radical (unpaired) electrons. The number of fused-ring (bicyclic) bond motifs is 1. The van der Waals surface area contributed by atoms with Crippen LogP contribution in [0.4, 0.5) is 5.82 Å². The first kappa shape index (κ1) is 15.5. The maximum atomic E-state index is 12.4. The van der Waals surface area contributed by atoms with Crippen LogP contribution in [0.2, 0.25) is 0 Å². The number of thiophene rings is 1. The van der Waals surface area contributed by atoms with Gasteiger partial charge in [0, 0.05) is 23.0 Å². The van der Waals surface area contributed by atoms with Gasteiger partial charge in [-0.1, -0.05) is 0 Å². The van der Waals surface area contributed by atoms with Crippen LogP contribution in [-0.2, 0) is 16.1 Å². The summed E-state index contributed by atoms with van der Waals surface area (Å²) in [6.07, 6.45) is 1.58. The van der Waals surface area contributed by atoms with Crippen molar-refractivity contribution < 1.29 is 14.3 Å². The van der Waals surface area contributed by atoms with Gasteiger partial charge in [-0.3, -0.25) is 14.5 Å². The van der Waals surface area contributed by atoms with E-state index in [1.54, 1.807) is 41.6 Å². The molecule has 7 heteroatoms. The first-order valence-corrected chi connectivity index (χ1v) is 8.03. The third-order valence-electron chi connectivity index (χ3n) is 3.57. The molecule has 120 valence electrons. The molecule has 23 heavy (non-hydrogen) atoms. The second-order valence-electron chi connectivity index (χ2n) is 5.36. The van der Waals surface area contributed by atoms with Crippen molar-refractivity contribution in [3.05, 3.63) is 40.2 Å². The number of amides is 2. The number of pyridine rings is 1. The lowest BCUT2D eigenvalue weighted by Crippen LogP contribution is -2.45. The van der Waals surface area contributed by atoms with Gasteiger partial charge >= 0.3 is 0 Å². The van der Waals surface area contributed by atoms with E-state index in [1.165, 1.54) is 9.78 Å². The van der Waals surface area contributed by atoms with E-state index in [2.05, 4.69) is 4.98 Å². The molecular formula is C16H17N3O3S. The van der Waals surface area contributed by atoms with Crippen molar-refractivity contribution in [2.45, 2.75) is 13.5 Å². The Morgan fingerprint density at radius 1 is 1.43 bits per heavy atom. The monoisotopic (exact) mass is 331 g/mol. The highest BCUT2D eigenvalue weighted by Gasteiger charge is 2.29. The molecule has 3 rings (SSSR count). The van der Waals surface area contributed by atoms with Gasteiger partial charge in [-0.25, -0.2) is 4.98 Å². The van der Waals surface area contributed by atoms with Crippen molar-refractivity contribution in [2.75, 3.05) is 25.1 Å². The average Bonchev–Trinajstić information content (AvgIpc) is 2.95. The van der Waals surface area contributed by atoms with Crippen LogP contribution in [0.1, 0.15) is 9.75 Å². The van der Waals surface area contributed by atoms with Gasteiger partial charge in [-0.05, 0) is 31.2 Å². The summed E-state index contributed by atoms with van der Waals surface area (Å²) >= 11 is 1.66. The van der Waals surface area contributed by atoms with E-state index < -0.39 is 0 Å². The van der Waals surface area contributed by atoms with Crippen LogP contribution in [0.5, 0.6) is 5.75 Å². The van der Waals surface area contributed by atoms with Crippen LogP contribution in [0, 0.1) is 6.92 Å². The highest BCUT2D eigenvalue weighted by atomic mass is 32.1. The molecule has 0 aliphatic carbocycles. The molecular weight excluding hydrogens is 314 g/mol. The van der Waals surface area contributed by atoms with Crippen LogP contribution in [0.3, 0.4) is 0 Å². The minimum atomic E-state index is -0.259. The first-order valence-electron chi connectivity index (χ1n) is 7.22. The van der Waals surface area contributed by atoms with Crippen molar-refractivity contribution in [1.82, 2.24) is 9.88 Å². The summed E-state index contributed by atoms with van der Waals surface area (Å²) in [5, 5.41) is 0. The quantitative estimate of drug-likeness (QED) is 0.857. The Hall–Kier alpha value is -2.41. The van der Waals surface area contributed by atoms with E-state index in [0.29, 0.717) is 18.1 Å². The van der Waals surface area contributed by atoms with Gasteiger partial charge in [-0.2, -0.15) is 0 Å². The number of aromatic nitrogens is 1. The molecule has 6 nitrogen and oxygen atoms in total. The molecule has 3 heterocycles. The zero-order valence-electron chi connectivity index (χ0n) is 13.0.